The molecule has 4 atom stereocenters. The van der Waals surface area contributed by atoms with Gasteiger partial charge >= 0.3 is 0 Å². The normalized spacial score (nSPS) is 43.9. The maximum absolute atomic E-state index is 3.90. The Labute approximate surface area is 127 Å². The standard InChI is InChI=1S/C19H26N2/c1-2-18-9-5-12-21-13-8-16-19(11-10-18,17(18)21)14-6-3-4-7-15(14)20-16/h3-4,6-7,16-17,20H,2,5,8-13H2,1H3/t16-,17+,18+,19-/m1/s1. The van der Waals surface area contributed by atoms with Crippen molar-refractivity contribution in [1.82, 2.24) is 4.90 Å². The Balaban J connectivity index is 1.72. The van der Waals surface area contributed by atoms with Gasteiger partial charge in [-0.2, -0.15) is 0 Å². The van der Waals surface area contributed by atoms with Gasteiger partial charge in [0, 0.05) is 29.7 Å². The molecular formula is C19H26N2. The molecule has 3 heterocycles. The molecule has 1 aliphatic carbocycles. The van der Waals surface area contributed by atoms with Crippen molar-refractivity contribution >= 4 is 5.69 Å². The lowest BCUT2D eigenvalue weighted by molar-refractivity contribution is -0.0250. The van der Waals surface area contributed by atoms with Crippen molar-refractivity contribution in [2.24, 2.45) is 5.41 Å². The molecule has 1 N–H and O–H groups in total. The third-order valence-electron chi connectivity index (χ3n) is 7.38. The van der Waals surface area contributed by atoms with Crippen molar-refractivity contribution in [2.75, 3.05) is 18.4 Å². The van der Waals surface area contributed by atoms with Crippen molar-refractivity contribution in [2.45, 2.75) is 62.9 Å². The lowest BCUT2D eigenvalue weighted by atomic mass is 9.61. The number of hydrogen-bond donors (Lipinski definition) is 1. The minimum Gasteiger partial charge on any atom is -0.381 e. The van der Waals surface area contributed by atoms with E-state index in [0.717, 1.165) is 6.04 Å². The van der Waals surface area contributed by atoms with E-state index >= 15 is 0 Å². The van der Waals surface area contributed by atoms with Crippen LogP contribution in [-0.4, -0.2) is 30.1 Å². The van der Waals surface area contributed by atoms with Crippen LogP contribution in [0.25, 0.3) is 0 Å². The highest BCUT2D eigenvalue weighted by atomic mass is 15.2. The van der Waals surface area contributed by atoms with Crippen LogP contribution in [0.5, 0.6) is 0 Å². The highest BCUT2D eigenvalue weighted by Crippen LogP contribution is 2.64. The molecule has 0 aromatic heterocycles. The highest BCUT2D eigenvalue weighted by molar-refractivity contribution is 5.64. The van der Waals surface area contributed by atoms with Gasteiger partial charge < -0.3 is 5.32 Å². The smallest absolute Gasteiger partial charge is 0.0386 e. The molecule has 21 heavy (non-hydrogen) atoms. The number of hydrogen-bond acceptors (Lipinski definition) is 2. The molecule has 112 valence electrons. The van der Waals surface area contributed by atoms with Crippen LogP contribution in [0.1, 0.15) is 51.0 Å². The number of rotatable bonds is 1. The first kappa shape index (κ1) is 12.5. The number of piperidine rings is 2. The van der Waals surface area contributed by atoms with Crippen LogP contribution in [0.2, 0.25) is 0 Å². The molecule has 0 unspecified atom stereocenters. The predicted octanol–water partition coefficient (Wildman–Crippen LogP) is 3.78. The number of nitrogens with one attached hydrogen (secondary N) is 1. The van der Waals surface area contributed by atoms with E-state index in [1.54, 1.807) is 5.56 Å². The average molecular weight is 282 g/mol. The van der Waals surface area contributed by atoms with Crippen LogP contribution < -0.4 is 5.32 Å². The van der Waals surface area contributed by atoms with Crippen molar-refractivity contribution in [3.8, 4) is 0 Å². The quantitative estimate of drug-likeness (QED) is 0.843. The van der Waals surface area contributed by atoms with E-state index in [1.165, 1.54) is 57.3 Å². The summed E-state index contributed by atoms with van der Waals surface area (Å²) in [6.07, 6.45) is 8.41. The fourth-order valence-corrected chi connectivity index (χ4v) is 6.59. The summed E-state index contributed by atoms with van der Waals surface area (Å²) < 4.78 is 0. The molecule has 1 aromatic rings. The topological polar surface area (TPSA) is 15.3 Å². The molecule has 0 amide bonds. The minimum atomic E-state index is 0.408. The van der Waals surface area contributed by atoms with Gasteiger partial charge in [0.25, 0.3) is 0 Å². The lowest BCUT2D eigenvalue weighted by Crippen LogP contribution is -2.64. The molecule has 2 heteroatoms. The van der Waals surface area contributed by atoms with Crippen LogP contribution in [-0.2, 0) is 5.41 Å². The second kappa shape index (κ2) is 4.04. The van der Waals surface area contributed by atoms with E-state index < -0.39 is 0 Å². The third kappa shape index (κ3) is 1.34. The number of nitrogens with zero attached hydrogens (tertiary/aromatic N) is 1. The highest BCUT2D eigenvalue weighted by Gasteiger charge is 2.66. The van der Waals surface area contributed by atoms with E-state index in [0.29, 0.717) is 16.9 Å². The van der Waals surface area contributed by atoms with E-state index in [9.17, 15) is 0 Å². The lowest BCUT2D eigenvalue weighted by Gasteiger charge is -2.56. The number of benzene rings is 1. The fraction of sp³-hybridized carbons (Fsp3) is 0.684. The van der Waals surface area contributed by atoms with Gasteiger partial charge in [-0.05, 0) is 62.1 Å². The van der Waals surface area contributed by atoms with Crippen LogP contribution in [0.15, 0.2) is 24.3 Å². The Morgan fingerprint density at radius 3 is 3.00 bits per heavy atom. The van der Waals surface area contributed by atoms with E-state index in [2.05, 4.69) is 41.4 Å². The molecule has 3 aliphatic heterocycles. The molecule has 1 spiro atoms. The van der Waals surface area contributed by atoms with Crippen molar-refractivity contribution in [1.29, 1.82) is 0 Å². The van der Waals surface area contributed by atoms with Gasteiger partial charge in [0.05, 0.1) is 0 Å². The largest absolute Gasteiger partial charge is 0.381 e. The van der Waals surface area contributed by atoms with Crippen molar-refractivity contribution < 1.29 is 0 Å². The summed E-state index contributed by atoms with van der Waals surface area (Å²) in [6, 6.07) is 10.7. The number of anilines is 1. The molecule has 1 saturated carbocycles. The Kier molecular flexibility index (Phi) is 2.41. The summed E-state index contributed by atoms with van der Waals surface area (Å²) >= 11 is 0. The molecule has 2 saturated heterocycles. The molecule has 5 rings (SSSR count). The number of fused-ring (bicyclic) bond motifs is 1. The first-order valence-electron chi connectivity index (χ1n) is 8.90. The van der Waals surface area contributed by atoms with Gasteiger partial charge in [0.15, 0.2) is 0 Å². The summed E-state index contributed by atoms with van der Waals surface area (Å²) in [5.74, 6) is 0. The molecule has 0 radical (unpaired) electrons. The molecule has 1 aromatic carbocycles. The summed E-state index contributed by atoms with van der Waals surface area (Å²) in [4.78, 5) is 2.88. The molecule has 0 bridgehead atoms. The van der Waals surface area contributed by atoms with Gasteiger partial charge in [-0.25, -0.2) is 0 Å². The SMILES string of the molecule is CC[C@]12CCCN3CC[C@H]4Nc5ccccc5[C@@]4(CC1)[C@@H]32. The van der Waals surface area contributed by atoms with Gasteiger partial charge in [0.1, 0.15) is 0 Å². The molecule has 3 fully saturated rings. The summed E-state index contributed by atoms with van der Waals surface area (Å²) in [7, 11) is 0. The minimum absolute atomic E-state index is 0.408. The van der Waals surface area contributed by atoms with Crippen molar-refractivity contribution in [3.05, 3.63) is 29.8 Å². The summed E-state index contributed by atoms with van der Waals surface area (Å²) in [6.45, 7) is 5.09. The summed E-state index contributed by atoms with van der Waals surface area (Å²) in [5.41, 5.74) is 4.07. The number of para-hydroxylation sites is 1. The molecule has 4 aliphatic rings. The Hall–Kier alpha value is -1.02. The van der Waals surface area contributed by atoms with Gasteiger partial charge in [-0.15, -0.1) is 0 Å². The predicted molar refractivity (Wildman–Crippen MR) is 86.7 cm³/mol. The Morgan fingerprint density at radius 2 is 2.10 bits per heavy atom. The first-order valence-corrected chi connectivity index (χ1v) is 8.90. The van der Waals surface area contributed by atoms with Crippen molar-refractivity contribution in [3.63, 3.8) is 0 Å². The van der Waals surface area contributed by atoms with Gasteiger partial charge in [-0.1, -0.05) is 25.1 Å². The Bertz CT molecular complexity index is 583. The van der Waals surface area contributed by atoms with Gasteiger partial charge in [0.2, 0.25) is 0 Å². The maximum Gasteiger partial charge on any atom is 0.0386 e. The molecule has 2 nitrogen and oxygen atoms in total. The average Bonchev–Trinajstić information content (AvgIpc) is 3.06. The Morgan fingerprint density at radius 1 is 1.19 bits per heavy atom. The second-order valence-corrected chi connectivity index (χ2v) is 7.83. The van der Waals surface area contributed by atoms with E-state index in [1.807, 2.05) is 0 Å². The fourth-order valence-electron chi connectivity index (χ4n) is 6.59. The molecular weight excluding hydrogens is 256 g/mol. The van der Waals surface area contributed by atoms with Crippen LogP contribution in [0.3, 0.4) is 0 Å². The zero-order chi connectivity index (χ0) is 14.1. The zero-order valence-electron chi connectivity index (χ0n) is 13.1. The zero-order valence-corrected chi connectivity index (χ0v) is 13.1. The van der Waals surface area contributed by atoms with E-state index in [-0.39, 0.29) is 0 Å². The summed E-state index contributed by atoms with van der Waals surface area (Å²) in [5, 5.41) is 3.90. The second-order valence-electron chi connectivity index (χ2n) is 7.83. The van der Waals surface area contributed by atoms with Gasteiger partial charge in [-0.3, -0.25) is 4.90 Å². The first-order chi connectivity index (χ1) is 10.3. The third-order valence-corrected chi connectivity index (χ3v) is 7.38. The van der Waals surface area contributed by atoms with Crippen LogP contribution >= 0.6 is 0 Å². The van der Waals surface area contributed by atoms with Crippen LogP contribution in [0.4, 0.5) is 5.69 Å². The van der Waals surface area contributed by atoms with Crippen LogP contribution in [0, 0.1) is 5.41 Å². The monoisotopic (exact) mass is 282 g/mol. The van der Waals surface area contributed by atoms with E-state index in [4.69, 9.17) is 0 Å². The maximum atomic E-state index is 3.90.